The van der Waals surface area contributed by atoms with Gasteiger partial charge in [-0.15, -0.1) is 0 Å². The van der Waals surface area contributed by atoms with E-state index in [2.05, 4.69) is 33.7 Å². The van der Waals surface area contributed by atoms with Gasteiger partial charge in [0.2, 0.25) is 11.1 Å². The fourth-order valence-corrected chi connectivity index (χ4v) is 2.89. The van der Waals surface area contributed by atoms with Crippen LogP contribution in [0.3, 0.4) is 0 Å². The summed E-state index contributed by atoms with van der Waals surface area (Å²) in [5.74, 6) is 0.671. The highest BCUT2D eigenvalue weighted by atomic mass is 35.5. The van der Waals surface area contributed by atoms with Gasteiger partial charge >= 0.3 is 5.97 Å². The molecule has 0 N–H and O–H groups in total. The predicted molar refractivity (Wildman–Crippen MR) is 105 cm³/mol. The van der Waals surface area contributed by atoms with Gasteiger partial charge in [-0.25, -0.2) is 29.8 Å². The van der Waals surface area contributed by atoms with E-state index in [-0.39, 0.29) is 24.4 Å². The van der Waals surface area contributed by atoms with Gasteiger partial charge in [-0.05, 0) is 49.8 Å². The monoisotopic (exact) mass is 400 g/mol. The highest BCUT2D eigenvalue weighted by Gasteiger charge is 2.20. The summed E-state index contributed by atoms with van der Waals surface area (Å²) in [6, 6.07) is 0. The molecule has 26 heavy (non-hydrogen) atoms. The van der Waals surface area contributed by atoms with Crippen molar-refractivity contribution in [2.24, 2.45) is 0 Å². The number of hydrogen-bond donors (Lipinski definition) is 0. The third-order valence-corrected chi connectivity index (χ3v) is 5.06. The Morgan fingerprint density at radius 3 is 2.69 bits per heavy atom. The van der Waals surface area contributed by atoms with Crippen molar-refractivity contribution in [2.45, 2.75) is 20.6 Å². The first-order chi connectivity index (χ1) is 12.2. The average Bonchev–Trinajstić information content (AvgIpc) is 2.97. The second-order valence-electron chi connectivity index (χ2n) is 6.64. The molecule has 0 fully saturated rings. The Morgan fingerprint density at radius 2 is 2.04 bits per heavy atom. The van der Waals surface area contributed by atoms with Crippen molar-refractivity contribution in [2.75, 3.05) is 37.7 Å². The average molecular weight is 401 g/mol. The Morgan fingerprint density at radius 1 is 1.31 bits per heavy atom. The topological polar surface area (TPSA) is 79.1 Å². The van der Waals surface area contributed by atoms with E-state index in [4.69, 9.17) is 21.1 Å². The molecule has 0 unspecified atom stereocenters. The normalized spacial score (nSPS) is 12.2. The number of aromatic nitrogens is 4. The summed E-state index contributed by atoms with van der Waals surface area (Å²) in [6.07, 6.45) is 10.0. The first-order valence-corrected chi connectivity index (χ1v) is 11.6. The molecule has 0 aromatic carbocycles. The zero-order valence-electron chi connectivity index (χ0n) is 15.8. The first-order valence-electron chi connectivity index (χ1n) is 8.19. The molecular weight excluding hydrogens is 376 g/mol. The second kappa shape index (κ2) is 8.83. The fraction of sp³-hybridized carbons (Fsp3) is 0.529. The lowest BCUT2D eigenvalue weighted by atomic mass is 10.2. The maximum Gasteiger partial charge on any atom is 0.374 e. The molecule has 0 aliphatic carbocycles. The Balaban J connectivity index is 2.26. The summed E-state index contributed by atoms with van der Waals surface area (Å²) in [6.45, 7) is 4.72. The molecule has 2 aromatic heterocycles. The molecule has 144 valence electrons. The molecule has 0 radical (unpaired) electrons. The number of rotatable bonds is 8. The Labute approximate surface area is 160 Å². The van der Waals surface area contributed by atoms with Gasteiger partial charge in [0, 0.05) is 18.1 Å². The van der Waals surface area contributed by atoms with Crippen molar-refractivity contribution in [3.05, 3.63) is 29.1 Å². The summed E-state index contributed by atoms with van der Waals surface area (Å²) in [5.41, 5.74) is 1.92. The minimum Gasteiger partial charge on any atom is -0.460 e. The lowest BCUT2D eigenvalue weighted by Crippen LogP contribution is -2.16. The van der Waals surface area contributed by atoms with Gasteiger partial charge < -0.3 is 14.0 Å². The maximum absolute atomic E-state index is 12.2. The van der Waals surface area contributed by atoms with Crippen molar-refractivity contribution in [1.29, 1.82) is 0 Å². The van der Waals surface area contributed by atoms with Gasteiger partial charge in [0.15, 0.2) is 0 Å². The number of hydrogen-bond acceptors (Lipinski definition) is 6. The molecule has 2 rings (SSSR count). The van der Waals surface area contributed by atoms with E-state index in [1.54, 1.807) is 23.9 Å². The van der Waals surface area contributed by atoms with E-state index in [1.165, 1.54) is 0 Å². The van der Waals surface area contributed by atoms with Crippen LogP contribution in [-0.4, -0.2) is 63.2 Å². The minimum atomic E-state index is -0.635. The van der Waals surface area contributed by atoms with Crippen molar-refractivity contribution >= 4 is 27.6 Å². The zero-order valence-corrected chi connectivity index (χ0v) is 17.4. The minimum absolute atomic E-state index is 0.127. The number of ether oxygens (including phenoxy) is 2. The van der Waals surface area contributed by atoms with Crippen molar-refractivity contribution in [3.8, 4) is 11.4 Å². The second-order valence-corrected chi connectivity index (χ2v) is 11.6. The van der Waals surface area contributed by atoms with Gasteiger partial charge in [-0.3, -0.25) is 0 Å². The molecule has 7 nitrogen and oxygen atoms in total. The number of nitrogens with zero attached hydrogens (tertiary/aromatic N) is 4. The summed E-state index contributed by atoms with van der Waals surface area (Å²) >= 11 is 5.90. The quantitative estimate of drug-likeness (QED) is 0.384. The molecule has 0 aliphatic rings. The van der Waals surface area contributed by atoms with Crippen LogP contribution in [0.15, 0.2) is 12.4 Å². The third kappa shape index (κ3) is 5.69. The lowest BCUT2D eigenvalue weighted by Gasteiger charge is -2.24. The zero-order chi connectivity index (χ0) is 19.3. The van der Waals surface area contributed by atoms with E-state index < -0.39 is 16.0 Å². The summed E-state index contributed by atoms with van der Waals surface area (Å²) < 4.78 is 12.5. The smallest absolute Gasteiger partial charge is 0.374 e. The van der Waals surface area contributed by atoms with Crippen LogP contribution in [0.4, 0.5) is 0 Å². The van der Waals surface area contributed by atoms with Gasteiger partial charge in [0.1, 0.15) is 12.4 Å². The standard InChI is InChI=1S/C17H25ClN4O3S/c1-6-25-16(23)15-20-13(14-12(2)9-19-17(18)21-14)10-22(15)11-24-7-8-26(3,4)5/h9-10H,6-8,11H2,1-5H3. The number of halogens is 1. The van der Waals surface area contributed by atoms with Gasteiger partial charge in [-0.1, -0.05) is 0 Å². The van der Waals surface area contributed by atoms with Crippen LogP contribution in [-0.2, 0) is 16.2 Å². The summed E-state index contributed by atoms with van der Waals surface area (Å²) in [5, 5.41) is 0.127. The highest BCUT2D eigenvalue weighted by molar-refractivity contribution is 8.32. The molecule has 0 aliphatic heterocycles. The number of carbonyl (C=O) groups excluding carboxylic acids is 1. The maximum atomic E-state index is 12.2. The molecular formula is C17H25ClN4O3S. The molecule has 0 saturated heterocycles. The van der Waals surface area contributed by atoms with Crippen LogP contribution in [0.5, 0.6) is 0 Å². The lowest BCUT2D eigenvalue weighted by molar-refractivity contribution is 0.0466. The van der Waals surface area contributed by atoms with Crippen LogP contribution in [0, 0.1) is 6.92 Å². The molecule has 0 amide bonds. The number of esters is 1. The largest absolute Gasteiger partial charge is 0.460 e. The number of carbonyl (C=O) groups is 1. The van der Waals surface area contributed by atoms with E-state index in [0.717, 1.165) is 11.3 Å². The van der Waals surface area contributed by atoms with Crippen LogP contribution in [0.1, 0.15) is 23.1 Å². The molecule has 2 heterocycles. The van der Waals surface area contributed by atoms with Crippen LogP contribution >= 0.6 is 21.6 Å². The Hall–Kier alpha value is -1.64. The van der Waals surface area contributed by atoms with Gasteiger partial charge in [-0.2, -0.15) is 0 Å². The molecule has 2 aromatic rings. The van der Waals surface area contributed by atoms with Gasteiger partial charge in [0.05, 0.1) is 18.9 Å². The number of imidazole rings is 1. The fourth-order valence-electron chi connectivity index (χ4n) is 2.14. The van der Waals surface area contributed by atoms with Crippen LogP contribution < -0.4 is 0 Å². The first kappa shape index (κ1) is 20.7. The van der Waals surface area contributed by atoms with Crippen molar-refractivity contribution in [3.63, 3.8) is 0 Å². The van der Waals surface area contributed by atoms with Crippen molar-refractivity contribution in [1.82, 2.24) is 19.5 Å². The highest BCUT2D eigenvalue weighted by Crippen LogP contribution is 2.33. The van der Waals surface area contributed by atoms with E-state index in [9.17, 15) is 4.79 Å². The third-order valence-electron chi connectivity index (χ3n) is 3.49. The van der Waals surface area contributed by atoms with E-state index >= 15 is 0 Å². The SMILES string of the molecule is CCOC(=O)c1nc(-c2nc(Cl)ncc2C)cn1COCCS(C)(C)C. The summed E-state index contributed by atoms with van der Waals surface area (Å²) in [7, 11) is -0.635. The molecule has 0 atom stereocenters. The molecule has 0 saturated carbocycles. The van der Waals surface area contributed by atoms with Crippen molar-refractivity contribution < 1.29 is 14.3 Å². The summed E-state index contributed by atoms with van der Waals surface area (Å²) in [4.78, 5) is 24.8. The number of aryl methyl sites for hydroxylation is 1. The molecule has 0 spiro atoms. The van der Waals surface area contributed by atoms with Crippen LogP contribution in [0.25, 0.3) is 11.4 Å². The molecule has 0 bridgehead atoms. The van der Waals surface area contributed by atoms with E-state index in [0.29, 0.717) is 18.0 Å². The van der Waals surface area contributed by atoms with E-state index in [1.807, 2.05) is 6.92 Å². The predicted octanol–water partition coefficient (Wildman–Crippen LogP) is 3.15. The van der Waals surface area contributed by atoms with Gasteiger partial charge in [0.25, 0.3) is 0 Å². The molecule has 9 heteroatoms. The Kier molecular flexibility index (Phi) is 7.02. The Bertz CT molecular complexity index is 774. The van der Waals surface area contributed by atoms with Crippen LogP contribution in [0.2, 0.25) is 5.28 Å².